The molecule has 6 nitrogen and oxygen atoms in total. The fourth-order valence-corrected chi connectivity index (χ4v) is 4.12. The van der Waals surface area contributed by atoms with E-state index >= 15 is 0 Å². The molecule has 1 amide bonds. The Hall–Kier alpha value is -3.12. The Morgan fingerprint density at radius 1 is 1.10 bits per heavy atom. The van der Waals surface area contributed by atoms with E-state index in [1.807, 2.05) is 32.1 Å². The number of benzene rings is 1. The van der Waals surface area contributed by atoms with Crippen molar-refractivity contribution in [3.05, 3.63) is 69.7 Å². The fraction of sp³-hybridized carbons (Fsp3) is 0.360. The van der Waals surface area contributed by atoms with E-state index in [0.717, 1.165) is 22.6 Å². The highest BCUT2D eigenvalue weighted by molar-refractivity contribution is 6.16. The van der Waals surface area contributed by atoms with Crippen LogP contribution in [0.2, 0.25) is 0 Å². The Kier molecular flexibility index (Phi) is 6.81. The van der Waals surface area contributed by atoms with E-state index in [1.165, 1.54) is 12.7 Å². The molecule has 1 aromatic heterocycles. The molecule has 1 aliphatic heterocycles. The van der Waals surface area contributed by atoms with Crippen molar-refractivity contribution in [2.24, 2.45) is 0 Å². The minimum Gasteiger partial charge on any atom is -0.465 e. The maximum atomic E-state index is 13.2. The zero-order valence-electron chi connectivity index (χ0n) is 19.1. The second-order valence-electron chi connectivity index (χ2n) is 7.81. The van der Waals surface area contributed by atoms with Gasteiger partial charge in [-0.25, -0.2) is 4.79 Å². The van der Waals surface area contributed by atoms with Crippen LogP contribution in [0.15, 0.2) is 47.2 Å². The number of methoxy groups -OCH3 is 2. The highest BCUT2D eigenvalue weighted by Gasteiger charge is 2.36. The number of nitrogens with zero attached hydrogens (tertiary/aromatic N) is 2. The SMILES string of the molecule is COCCCN1C(=O)/C(=C\c2cc(C)n(-c3cccc(C)c3)c2C)C(C(=O)OC)=C1C. The van der Waals surface area contributed by atoms with Crippen LogP contribution >= 0.6 is 0 Å². The molecule has 0 saturated carbocycles. The molecule has 0 saturated heterocycles. The van der Waals surface area contributed by atoms with Crippen LogP contribution in [-0.4, -0.2) is 48.7 Å². The van der Waals surface area contributed by atoms with Crippen molar-refractivity contribution in [2.75, 3.05) is 27.4 Å². The maximum Gasteiger partial charge on any atom is 0.340 e. The Morgan fingerprint density at radius 2 is 1.84 bits per heavy atom. The topological polar surface area (TPSA) is 60.8 Å². The van der Waals surface area contributed by atoms with Gasteiger partial charge in [0, 0.05) is 43.0 Å². The van der Waals surface area contributed by atoms with Crippen LogP contribution in [0.3, 0.4) is 0 Å². The first-order valence-electron chi connectivity index (χ1n) is 10.4. The molecule has 0 radical (unpaired) electrons. The molecule has 6 heteroatoms. The lowest BCUT2D eigenvalue weighted by molar-refractivity contribution is -0.136. The number of hydrogen-bond acceptors (Lipinski definition) is 4. The maximum absolute atomic E-state index is 13.2. The number of amides is 1. The lowest BCUT2D eigenvalue weighted by Gasteiger charge is -2.17. The van der Waals surface area contributed by atoms with Crippen LogP contribution in [0.25, 0.3) is 11.8 Å². The first-order chi connectivity index (χ1) is 14.8. The number of hydrogen-bond donors (Lipinski definition) is 0. The molecule has 2 heterocycles. The Bertz CT molecular complexity index is 1080. The summed E-state index contributed by atoms with van der Waals surface area (Å²) in [7, 11) is 2.96. The third kappa shape index (κ3) is 4.35. The molecular formula is C25H30N2O4. The summed E-state index contributed by atoms with van der Waals surface area (Å²) in [6, 6.07) is 10.3. The first kappa shape index (κ1) is 22.6. The highest BCUT2D eigenvalue weighted by Crippen LogP contribution is 2.33. The van der Waals surface area contributed by atoms with Crippen molar-refractivity contribution in [2.45, 2.75) is 34.1 Å². The Labute approximate surface area is 183 Å². The third-order valence-corrected chi connectivity index (χ3v) is 5.66. The van der Waals surface area contributed by atoms with Gasteiger partial charge in [0.05, 0.1) is 18.3 Å². The monoisotopic (exact) mass is 422 g/mol. The van der Waals surface area contributed by atoms with E-state index in [0.29, 0.717) is 36.4 Å². The fourth-order valence-electron chi connectivity index (χ4n) is 4.12. The zero-order chi connectivity index (χ0) is 22.7. The summed E-state index contributed by atoms with van der Waals surface area (Å²) in [4.78, 5) is 27.4. The lowest BCUT2D eigenvalue weighted by Crippen LogP contribution is -2.26. The van der Waals surface area contributed by atoms with Gasteiger partial charge in [0.1, 0.15) is 0 Å². The first-order valence-corrected chi connectivity index (χ1v) is 10.4. The average Bonchev–Trinajstić information content (AvgIpc) is 3.14. The predicted octanol–water partition coefficient (Wildman–Crippen LogP) is 4.11. The number of esters is 1. The number of ether oxygens (including phenoxy) is 2. The molecule has 0 spiro atoms. The smallest absolute Gasteiger partial charge is 0.340 e. The van der Waals surface area contributed by atoms with Gasteiger partial charge in [-0.15, -0.1) is 0 Å². The summed E-state index contributed by atoms with van der Waals surface area (Å²) >= 11 is 0. The van der Waals surface area contributed by atoms with Gasteiger partial charge < -0.3 is 18.9 Å². The zero-order valence-corrected chi connectivity index (χ0v) is 19.1. The van der Waals surface area contributed by atoms with Gasteiger partial charge in [0.15, 0.2) is 0 Å². The molecule has 1 aromatic carbocycles. The van der Waals surface area contributed by atoms with E-state index in [-0.39, 0.29) is 5.91 Å². The molecule has 0 fully saturated rings. The van der Waals surface area contributed by atoms with Crippen LogP contribution in [0.5, 0.6) is 0 Å². The number of carbonyl (C=O) groups excluding carboxylic acids is 2. The summed E-state index contributed by atoms with van der Waals surface area (Å²) in [6.07, 6.45) is 2.49. The van der Waals surface area contributed by atoms with Crippen LogP contribution in [0.4, 0.5) is 0 Å². The summed E-state index contributed by atoms with van der Waals surface area (Å²) in [5.74, 6) is -0.687. The molecule has 0 atom stereocenters. The number of rotatable bonds is 7. The van der Waals surface area contributed by atoms with Gasteiger partial charge in [-0.2, -0.15) is 0 Å². The molecule has 3 rings (SSSR count). The number of allylic oxidation sites excluding steroid dienone is 1. The molecule has 0 aliphatic carbocycles. The molecule has 164 valence electrons. The summed E-state index contributed by atoms with van der Waals surface area (Å²) in [5.41, 5.74) is 6.51. The van der Waals surface area contributed by atoms with Gasteiger partial charge in [0.25, 0.3) is 5.91 Å². The molecule has 0 bridgehead atoms. The lowest BCUT2D eigenvalue weighted by atomic mass is 10.0. The minimum absolute atomic E-state index is 0.186. The molecule has 31 heavy (non-hydrogen) atoms. The largest absolute Gasteiger partial charge is 0.465 e. The van der Waals surface area contributed by atoms with Gasteiger partial charge in [-0.05, 0) is 69.5 Å². The molecule has 0 unspecified atom stereocenters. The normalized spacial score (nSPS) is 15.4. The van der Waals surface area contributed by atoms with Crippen molar-refractivity contribution in [1.29, 1.82) is 0 Å². The van der Waals surface area contributed by atoms with Crippen LogP contribution in [0, 0.1) is 20.8 Å². The molecule has 2 aromatic rings. The molecular weight excluding hydrogens is 392 g/mol. The van der Waals surface area contributed by atoms with E-state index in [9.17, 15) is 9.59 Å². The third-order valence-electron chi connectivity index (χ3n) is 5.66. The number of aromatic nitrogens is 1. The van der Waals surface area contributed by atoms with Crippen molar-refractivity contribution >= 4 is 18.0 Å². The van der Waals surface area contributed by atoms with E-state index < -0.39 is 5.97 Å². The van der Waals surface area contributed by atoms with Crippen molar-refractivity contribution in [1.82, 2.24) is 9.47 Å². The summed E-state index contributed by atoms with van der Waals surface area (Å²) < 4.78 is 12.3. The van der Waals surface area contributed by atoms with Crippen LogP contribution in [-0.2, 0) is 19.1 Å². The van der Waals surface area contributed by atoms with Gasteiger partial charge >= 0.3 is 5.97 Å². The Balaban J connectivity index is 2.06. The van der Waals surface area contributed by atoms with Gasteiger partial charge in [-0.1, -0.05) is 12.1 Å². The Morgan fingerprint density at radius 3 is 2.48 bits per heavy atom. The molecule has 1 aliphatic rings. The number of carbonyl (C=O) groups is 2. The second kappa shape index (κ2) is 9.35. The van der Waals surface area contributed by atoms with Crippen molar-refractivity contribution in [3.8, 4) is 5.69 Å². The van der Waals surface area contributed by atoms with Crippen molar-refractivity contribution < 1.29 is 19.1 Å². The summed E-state index contributed by atoms with van der Waals surface area (Å²) in [5, 5.41) is 0. The quantitative estimate of drug-likeness (QED) is 0.383. The van der Waals surface area contributed by atoms with E-state index in [2.05, 4.69) is 29.7 Å². The molecule has 0 N–H and O–H groups in total. The van der Waals surface area contributed by atoms with Crippen LogP contribution < -0.4 is 0 Å². The average molecular weight is 423 g/mol. The standard InChI is InChI=1S/C25H30N2O4/c1-16-9-7-10-21(13-16)27-17(2)14-20(18(27)3)15-22-23(25(29)31-6)19(4)26(24(22)28)11-8-12-30-5/h7,9-10,13-15H,8,11-12H2,1-6H3/b22-15-. The van der Waals surface area contributed by atoms with Crippen molar-refractivity contribution in [3.63, 3.8) is 0 Å². The number of aryl methyl sites for hydroxylation is 2. The van der Waals surface area contributed by atoms with E-state index in [1.54, 1.807) is 18.9 Å². The van der Waals surface area contributed by atoms with Crippen LogP contribution in [0.1, 0.15) is 35.9 Å². The summed E-state index contributed by atoms with van der Waals surface area (Å²) in [6.45, 7) is 8.93. The minimum atomic E-state index is -0.501. The van der Waals surface area contributed by atoms with E-state index in [4.69, 9.17) is 9.47 Å². The van der Waals surface area contributed by atoms with Gasteiger partial charge in [0.2, 0.25) is 0 Å². The van der Waals surface area contributed by atoms with Gasteiger partial charge in [-0.3, -0.25) is 4.79 Å². The predicted molar refractivity (Wildman–Crippen MR) is 121 cm³/mol. The highest BCUT2D eigenvalue weighted by atomic mass is 16.5. The second-order valence-corrected chi connectivity index (χ2v) is 7.81.